The number of carbonyl (C=O) groups excluding carboxylic acids is 1. The molecule has 0 fully saturated rings. The van der Waals surface area contributed by atoms with Gasteiger partial charge in [0.2, 0.25) is 6.41 Å². The Morgan fingerprint density at radius 1 is 1.21 bits per heavy atom. The van der Waals surface area contributed by atoms with Crippen molar-refractivity contribution in [1.82, 2.24) is 4.90 Å². The van der Waals surface area contributed by atoms with Gasteiger partial charge in [-0.15, -0.1) is 0 Å². The molecule has 1 aromatic carbocycles. The third kappa shape index (κ3) is 6.06. The fourth-order valence-corrected chi connectivity index (χ4v) is 0.826. The van der Waals surface area contributed by atoms with Crippen LogP contribution in [-0.4, -0.2) is 24.4 Å². The normalized spacial score (nSPS) is 8.43. The lowest BCUT2D eigenvalue weighted by atomic mass is 10.3. The lowest BCUT2D eigenvalue weighted by Crippen LogP contribution is -2.19. The zero-order valence-electron chi connectivity index (χ0n) is 8.81. The van der Waals surface area contributed by atoms with Crippen LogP contribution in [0, 0.1) is 0 Å². The van der Waals surface area contributed by atoms with Crippen molar-refractivity contribution in [3.8, 4) is 0 Å². The molecule has 0 heterocycles. The van der Waals surface area contributed by atoms with Crippen LogP contribution in [0.5, 0.6) is 0 Å². The Morgan fingerprint density at radius 3 is 1.86 bits per heavy atom. The second-order valence-corrected chi connectivity index (χ2v) is 2.74. The molecule has 0 atom stereocenters. The number of anilines is 1. The van der Waals surface area contributed by atoms with Gasteiger partial charge in [0.15, 0.2) is 0 Å². The van der Waals surface area contributed by atoms with Gasteiger partial charge in [0.25, 0.3) is 0 Å². The Bertz CT molecular complexity index is 232. The van der Waals surface area contributed by atoms with Crippen molar-refractivity contribution >= 4 is 12.1 Å². The minimum Gasteiger partial charge on any atom is -0.399 e. The molecule has 1 aromatic rings. The summed E-state index contributed by atoms with van der Waals surface area (Å²) in [6.45, 7) is 5.55. The number of hydrogen-bond donors (Lipinski definition) is 1. The van der Waals surface area contributed by atoms with Crippen LogP contribution in [0.1, 0.15) is 13.8 Å². The number of carbonyl (C=O) groups is 1. The Labute approximate surface area is 85.5 Å². The van der Waals surface area contributed by atoms with Crippen molar-refractivity contribution in [1.29, 1.82) is 0 Å². The predicted octanol–water partition coefficient (Wildman–Crippen LogP) is 1.75. The van der Waals surface area contributed by atoms with Crippen LogP contribution in [0.2, 0.25) is 0 Å². The molecule has 0 radical (unpaired) electrons. The van der Waals surface area contributed by atoms with Crippen LogP contribution in [0.4, 0.5) is 5.69 Å². The number of para-hydroxylation sites is 1. The zero-order chi connectivity index (χ0) is 10.8. The molecule has 3 nitrogen and oxygen atoms in total. The molecule has 14 heavy (non-hydrogen) atoms. The van der Waals surface area contributed by atoms with Crippen LogP contribution in [0.25, 0.3) is 0 Å². The second kappa shape index (κ2) is 8.10. The van der Waals surface area contributed by atoms with E-state index >= 15 is 0 Å². The number of nitrogen functional groups attached to an aromatic ring is 1. The molecule has 3 heteroatoms. The number of nitrogens with two attached hydrogens (primary N) is 1. The van der Waals surface area contributed by atoms with Gasteiger partial charge in [0.05, 0.1) is 0 Å². The molecule has 2 N–H and O–H groups in total. The molecule has 0 aromatic heterocycles. The Kier molecular flexibility index (Phi) is 7.23. The van der Waals surface area contributed by atoms with Crippen molar-refractivity contribution in [2.45, 2.75) is 13.8 Å². The minimum atomic E-state index is 0.819. The fraction of sp³-hybridized carbons (Fsp3) is 0.364. The van der Waals surface area contributed by atoms with Crippen molar-refractivity contribution in [2.75, 3.05) is 18.8 Å². The van der Waals surface area contributed by atoms with Crippen LogP contribution < -0.4 is 5.73 Å². The number of nitrogens with zero attached hydrogens (tertiary/aromatic N) is 1. The highest BCUT2D eigenvalue weighted by Gasteiger charge is 1.87. The van der Waals surface area contributed by atoms with Crippen molar-refractivity contribution in [2.24, 2.45) is 0 Å². The maximum absolute atomic E-state index is 9.89. The van der Waals surface area contributed by atoms with Crippen LogP contribution >= 0.6 is 0 Å². The largest absolute Gasteiger partial charge is 0.399 e. The molecular formula is C11H18N2O. The molecule has 0 spiro atoms. The van der Waals surface area contributed by atoms with E-state index in [2.05, 4.69) is 0 Å². The van der Waals surface area contributed by atoms with E-state index in [0.717, 1.165) is 25.2 Å². The van der Waals surface area contributed by atoms with Gasteiger partial charge in [0, 0.05) is 18.8 Å². The van der Waals surface area contributed by atoms with Crippen molar-refractivity contribution < 1.29 is 4.79 Å². The van der Waals surface area contributed by atoms with Gasteiger partial charge in [-0.05, 0) is 26.0 Å². The highest BCUT2D eigenvalue weighted by Crippen LogP contribution is 1.95. The van der Waals surface area contributed by atoms with E-state index in [9.17, 15) is 4.79 Å². The minimum absolute atomic E-state index is 0.819. The lowest BCUT2D eigenvalue weighted by Gasteiger charge is -2.08. The maximum atomic E-state index is 9.89. The molecule has 0 aliphatic heterocycles. The fourth-order valence-electron chi connectivity index (χ4n) is 0.826. The molecule has 0 bridgehead atoms. The summed E-state index contributed by atoms with van der Waals surface area (Å²) in [4.78, 5) is 11.6. The van der Waals surface area contributed by atoms with Gasteiger partial charge in [-0.3, -0.25) is 4.79 Å². The average molecular weight is 194 g/mol. The van der Waals surface area contributed by atoms with Crippen LogP contribution in [0.15, 0.2) is 30.3 Å². The van der Waals surface area contributed by atoms with Gasteiger partial charge in [-0.2, -0.15) is 0 Å². The van der Waals surface area contributed by atoms with Gasteiger partial charge < -0.3 is 10.6 Å². The van der Waals surface area contributed by atoms with E-state index in [1.807, 2.05) is 44.2 Å². The SMILES string of the molecule is CCN(C=O)CC.Nc1ccccc1. The summed E-state index contributed by atoms with van der Waals surface area (Å²) in [5.74, 6) is 0. The summed E-state index contributed by atoms with van der Waals surface area (Å²) >= 11 is 0. The molecule has 1 rings (SSSR count). The first-order valence-electron chi connectivity index (χ1n) is 4.74. The third-order valence-electron chi connectivity index (χ3n) is 1.76. The number of hydrogen-bond acceptors (Lipinski definition) is 2. The van der Waals surface area contributed by atoms with Crippen LogP contribution in [0.3, 0.4) is 0 Å². The van der Waals surface area contributed by atoms with E-state index in [4.69, 9.17) is 5.73 Å². The molecule has 0 saturated heterocycles. The molecule has 0 aliphatic rings. The summed E-state index contributed by atoms with van der Waals surface area (Å²) in [6, 6.07) is 9.49. The first kappa shape index (κ1) is 12.5. The number of rotatable bonds is 3. The molecule has 0 aliphatic carbocycles. The summed E-state index contributed by atoms with van der Waals surface area (Å²) in [5, 5.41) is 0. The maximum Gasteiger partial charge on any atom is 0.209 e. The summed E-state index contributed by atoms with van der Waals surface area (Å²) in [7, 11) is 0. The standard InChI is InChI=1S/C6H7N.C5H11NO/c7-6-4-2-1-3-5-6;1-3-6(4-2)5-7/h1-5H,7H2;5H,3-4H2,1-2H3. The first-order valence-corrected chi connectivity index (χ1v) is 4.74. The molecule has 0 unspecified atom stereocenters. The first-order chi connectivity index (χ1) is 6.74. The highest BCUT2D eigenvalue weighted by molar-refractivity contribution is 5.46. The summed E-state index contributed by atoms with van der Waals surface area (Å²) in [6.07, 6.45) is 0.861. The Hall–Kier alpha value is -1.51. The molecular weight excluding hydrogens is 176 g/mol. The van der Waals surface area contributed by atoms with Gasteiger partial charge in [-0.1, -0.05) is 18.2 Å². The Morgan fingerprint density at radius 2 is 1.71 bits per heavy atom. The summed E-state index contributed by atoms with van der Waals surface area (Å²) < 4.78 is 0. The van der Waals surface area contributed by atoms with Gasteiger partial charge in [0.1, 0.15) is 0 Å². The third-order valence-corrected chi connectivity index (χ3v) is 1.76. The van der Waals surface area contributed by atoms with E-state index in [0.29, 0.717) is 0 Å². The second-order valence-electron chi connectivity index (χ2n) is 2.74. The van der Waals surface area contributed by atoms with Crippen molar-refractivity contribution in [3.05, 3.63) is 30.3 Å². The van der Waals surface area contributed by atoms with Crippen LogP contribution in [-0.2, 0) is 4.79 Å². The van der Waals surface area contributed by atoms with E-state index < -0.39 is 0 Å². The number of amides is 1. The topological polar surface area (TPSA) is 46.3 Å². The zero-order valence-corrected chi connectivity index (χ0v) is 8.81. The lowest BCUT2D eigenvalue weighted by molar-refractivity contribution is -0.117. The molecule has 1 amide bonds. The summed E-state index contributed by atoms with van der Waals surface area (Å²) in [5.41, 5.74) is 6.18. The van der Waals surface area contributed by atoms with Gasteiger partial charge >= 0.3 is 0 Å². The molecule has 78 valence electrons. The smallest absolute Gasteiger partial charge is 0.209 e. The monoisotopic (exact) mass is 194 g/mol. The average Bonchev–Trinajstić information content (AvgIpc) is 2.22. The number of benzene rings is 1. The Balaban J connectivity index is 0.000000241. The van der Waals surface area contributed by atoms with Gasteiger partial charge in [-0.25, -0.2) is 0 Å². The van der Waals surface area contributed by atoms with E-state index in [-0.39, 0.29) is 0 Å². The van der Waals surface area contributed by atoms with E-state index in [1.165, 1.54) is 0 Å². The highest BCUT2D eigenvalue weighted by atomic mass is 16.1. The van der Waals surface area contributed by atoms with Crippen molar-refractivity contribution in [3.63, 3.8) is 0 Å². The molecule has 0 saturated carbocycles. The van der Waals surface area contributed by atoms with E-state index in [1.54, 1.807) is 4.90 Å². The quantitative estimate of drug-likeness (QED) is 0.588. The predicted molar refractivity (Wildman–Crippen MR) is 59.8 cm³/mol.